The van der Waals surface area contributed by atoms with Crippen molar-refractivity contribution in [1.82, 2.24) is 0 Å². The zero-order chi connectivity index (χ0) is 4.71. The van der Waals surface area contributed by atoms with E-state index in [2.05, 4.69) is 5.73 Å². The number of rotatable bonds is 0. The van der Waals surface area contributed by atoms with Crippen molar-refractivity contribution in [2.24, 2.45) is 5.73 Å². The summed E-state index contributed by atoms with van der Waals surface area (Å²) in [5.74, 6) is 1.75. The number of nitriles is 1. The molecular formula is C2H7BN2. The van der Waals surface area contributed by atoms with E-state index in [1.165, 1.54) is 14.9 Å². The molecule has 28 valence electrons. The fourth-order valence-electron chi connectivity index (χ4n) is 0. The van der Waals surface area contributed by atoms with Crippen LogP contribution in [-0.2, 0) is 0 Å². The van der Waals surface area contributed by atoms with Crippen molar-refractivity contribution < 1.29 is 0 Å². The van der Waals surface area contributed by atoms with Crippen LogP contribution in [-0.4, -0.2) is 14.9 Å². The largest absolute Gasteiger partial charge is 0.333 e. The summed E-state index contributed by atoms with van der Waals surface area (Å²) >= 11 is 0. The van der Waals surface area contributed by atoms with Gasteiger partial charge in [-0.1, -0.05) is 0 Å². The third kappa shape index (κ3) is 34.3. The van der Waals surface area contributed by atoms with Gasteiger partial charge in [0.05, 0.1) is 0 Å². The molecule has 0 fully saturated rings. The normalized spacial score (nSPS) is 2.60. The minimum atomic E-state index is 1.43. The summed E-state index contributed by atoms with van der Waals surface area (Å²) in [6.07, 6.45) is 0. The minimum Gasteiger partial charge on any atom is -0.333 e. The summed E-state index contributed by atoms with van der Waals surface area (Å²) in [4.78, 5) is 0. The summed E-state index contributed by atoms with van der Waals surface area (Å²) in [5, 5.41) is 7.32. The van der Waals surface area contributed by atoms with Crippen molar-refractivity contribution in [3.05, 3.63) is 0 Å². The zero-order valence-corrected chi connectivity index (χ0v) is 3.52. The SMILES string of the molecule is BC#N.CN. The van der Waals surface area contributed by atoms with E-state index in [1.807, 2.05) is 0 Å². The van der Waals surface area contributed by atoms with E-state index in [0.29, 0.717) is 0 Å². The fourth-order valence-corrected chi connectivity index (χ4v) is 0. The first-order valence-corrected chi connectivity index (χ1v) is 1.30. The molecule has 0 heterocycles. The average molecular weight is 69.9 g/mol. The van der Waals surface area contributed by atoms with Gasteiger partial charge in [-0.15, -0.1) is 0 Å². The van der Waals surface area contributed by atoms with Gasteiger partial charge in [0.15, 0.2) is 0 Å². The van der Waals surface area contributed by atoms with Crippen molar-refractivity contribution in [3.63, 3.8) is 0 Å². The molecule has 5 heavy (non-hydrogen) atoms. The molecule has 3 heteroatoms. The first-order chi connectivity index (χ1) is 2.41. The Balaban J connectivity index is 0. The predicted molar refractivity (Wildman–Crippen MR) is 24.3 cm³/mol. The summed E-state index contributed by atoms with van der Waals surface area (Å²) in [7, 11) is 2.93. The molecule has 0 rings (SSSR count). The summed E-state index contributed by atoms with van der Waals surface area (Å²) in [6, 6.07) is 0. The lowest BCUT2D eigenvalue weighted by Crippen LogP contribution is -1.69. The Morgan fingerprint density at radius 2 is 1.80 bits per heavy atom. The summed E-state index contributed by atoms with van der Waals surface area (Å²) in [5.41, 5.74) is 4.50. The highest BCUT2D eigenvalue weighted by Crippen LogP contribution is 1.04. The molecule has 0 unspecified atom stereocenters. The fraction of sp³-hybridized carbons (Fsp3) is 0.500. The smallest absolute Gasteiger partial charge is 0.232 e. The Bertz CT molecular complexity index is 29.1. The average Bonchev–Trinajstić information content (AvgIpc) is 1.46. The monoisotopic (exact) mass is 70.1 g/mol. The molecule has 0 aliphatic rings. The van der Waals surface area contributed by atoms with Gasteiger partial charge in [-0.25, -0.2) is 5.26 Å². The number of nitrogens with zero attached hydrogens (tertiary/aromatic N) is 1. The molecule has 0 atom stereocenters. The number of hydrogen-bond donors (Lipinski definition) is 1. The van der Waals surface area contributed by atoms with E-state index in [-0.39, 0.29) is 0 Å². The summed E-state index contributed by atoms with van der Waals surface area (Å²) < 4.78 is 0. The van der Waals surface area contributed by atoms with Crippen LogP contribution in [0.25, 0.3) is 0 Å². The van der Waals surface area contributed by atoms with E-state index in [4.69, 9.17) is 5.26 Å². The second kappa shape index (κ2) is 83.8. The van der Waals surface area contributed by atoms with Crippen LogP contribution in [0.1, 0.15) is 0 Å². The lowest BCUT2D eigenvalue weighted by atomic mass is 10.2. The Morgan fingerprint density at radius 3 is 1.80 bits per heavy atom. The maximum atomic E-state index is 7.32. The Kier molecular flexibility index (Phi) is 148. The van der Waals surface area contributed by atoms with Gasteiger partial charge < -0.3 is 5.73 Å². The van der Waals surface area contributed by atoms with Gasteiger partial charge in [-0.05, 0) is 13.0 Å². The van der Waals surface area contributed by atoms with Crippen LogP contribution in [0.4, 0.5) is 0 Å². The van der Waals surface area contributed by atoms with Gasteiger partial charge >= 0.3 is 0 Å². The van der Waals surface area contributed by atoms with E-state index >= 15 is 0 Å². The Hall–Kier alpha value is -0.485. The molecule has 0 bridgehead atoms. The first-order valence-electron chi connectivity index (χ1n) is 1.30. The van der Waals surface area contributed by atoms with E-state index < -0.39 is 0 Å². The highest BCUT2D eigenvalue weighted by molar-refractivity contribution is 6.20. The van der Waals surface area contributed by atoms with Crippen LogP contribution in [0.2, 0.25) is 0 Å². The van der Waals surface area contributed by atoms with Crippen molar-refractivity contribution >= 4 is 7.85 Å². The molecule has 0 saturated heterocycles. The molecule has 2 nitrogen and oxygen atoms in total. The zero-order valence-electron chi connectivity index (χ0n) is 3.52. The molecule has 2 N–H and O–H groups in total. The summed E-state index contributed by atoms with van der Waals surface area (Å²) in [6.45, 7) is 0. The van der Waals surface area contributed by atoms with Crippen molar-refractivity contribution in [1.29, 1.82) is 5.26 Å². The Labute approximate surface area is 33.0 Å². The van der Waals surface area contributed by atoms with Crippen molar-refractivity contribution in [2.45, 2.75) is 0 Å². The van der Waals surface area contributed by atoms with Crippen molar-refractivity contribution in [2.75, 3.05) is 7.05 Å². The van der Waals surface area contributed by atoms with Crippen molar-refractivity contribution in [3.8, 4) is 5.97 Å². The second-order valence-electron chi connectivity index (χ2n) is 0.224. The maximum absolute atomic E-state index is 7.32. The quantitative estimate of drug-likeness (QED) is 0.359. The molecule has 0 aliphatic heterocycles. The van der Waals surface area contributed by atoms with Crippen LogP contribution in [0, 0.1) is 11.2 Å². The topological polar surface area (TPSA) is 49.8 Å². The highest BCUT2D eigenvalue weighted by Gasteiger charge is 1.23. The lowest BCUT2D eigenvalue weighted by Gasteiger charge is -1.19. The van der Waals surface area contributed by atoms with Gasteiger partial charge in [-0.2, -0.15) is 0 Å². The molecule has 0 saturated carbocycles. The molecule has 0 amide bonds. The van der Waals surface area contributed by atoms with Crippen LogP contribution >= 0.6 is 0 Å². The van der Waals surface area contributed by atoms with E-state index in [1.54, 1.807) is 5.97 Å². The van der Waals surface area contributed by atoms with Crippen LogP contribution in [0.15, 0.2) is 0 Å². The standard InChI is InChI=1S/CH2BN.CH5N/c2-1-3;1-2/h2H2;2H2,1H3. The maximum Gasteiger partial charge on any atom is 0.232 e. The minimum absolute atomic E-state index is 1.43. The molecule has 0 radical (unpaired) electrons. The van der Waals surface area contributed by atoms with Crippen LogP contribution in [0.3, 0.4) is 0 Å². The van der Waals surface area contributed by atoms with Gasteiger partial charge in [0, 0.05) is 0 Å². The molecule has 0 aromatic rings. The third-order valence-corrected chi connectivity index (χ3v) is 0. The molecular weight excluding hydrogens is 62.8 g/mol. The second-order valence-corrected chi connectivity index (χ2v) is 0.224. The number of hydrogen-bond acceptors (Lipinski definition) is 2. The van der Waals surface area contributed by atoms with Gasteiger partial charge in [0.2, 0.25) is 7.85 Å². The molecule has 0 aliphatic carbocycles. The predicted octanol–water partition coefficient (Wildman–Crippen LogP) is -1.32. The van der Waals surface area contributed by atoms with E-state index in [0.717, 1.165) is 0 Å². The Morgan fingerprint density at radius 1 is 1.80 bits per heavy atom. The van der Waals surface area contributed by atoms with Gasteiger partial charge in [0.25, 0.3) is 0 Å². The highest BCUT2D eigenvalue weighted by atomic mass is 14.4. The first kappa shape index (κ1) is 8.82. The number of nitrogens with two attached hydrogens (primary N) is 1. The molecule has 0 spiro atoms. The molecule has 0 aromatic carbocycles. The van der Waals surface area contributed by atoms with E-state index in [9.17, 15) is 0 Å². The van der Waals surface area contributed by atoms with Gasteiger partial charge in [-0.3, -0.25) is 0 Å². The van der Waals surface area contributed by atoms with Crippen LogP contribution < -0.4 is 5.73 Å². The lowest BCUT2D eigenvalue weighted by molar-refractivity contribution is 1.48. The third-order valence-electron chi connectivity index (χ3n) is 0. The van der Waals surface area contributed by atoms with Crippen LogP contribution in [0.5, 0.6) is 0 Å². The van der Waals surface area contributed by atoms with Gasteiger partial charge in [0.1, 0.15) is 0 Å². The molecule has 0 aromatic heterocycles.